The standard InChI is InChI=1S/C15H13FINO2/c1-10-7-12(17)5-6-14(10)18-15(19)9-20-13-4-2-3-11(16)8-13/h2-8H,9H2,1H3,(H,18,19). The number of amides is 1. The van der Waals surface area contributed by atoms with E-state index in [9.17, 15) is 9.18 Å². The number of hydrogen-bond donors (Lipinski definition) is 1. The van der Waals surface area contributed by atoms with Crippen LogP contribution in [0.1, 0.15) is 5.56 Å². The number of aryl methyl sites for hydroxylation is 1. The SMILES string of the molecule is Cc1cc(I)ccc1NC(=O)COc1cccc(F)c1. The molecule has 20 heavy (non-hydrogen) atoms. The molecule has 0 unspecified atom stereocenters. The molecule has 0 fully saturated rings. The van der Waals surface area contributed by atoms with E-state index in [1.807, 2.05) is 25.1 Å². The molecule has 3 nitrogen and oxygen atoms in total. The predicted octanol–water partition coefficient (Wildman–Crippen LogP) is 3.76. The maximum absolute atomic E-state index is 12.9. The van der Waals surface area contributed by atoms with E-state index in [4.69, 9.17) is 4.74 Å². The minimum Gasteiger partial charge on any atom is -0.484 e. The van der Waals surface area contributed by atoms with Crippen molar-refractivity contribution in [1.29, 1.82) is 0 Å². The van der Waals surface area contributed by atoms with Crippen LogP contribution in [0.2, 0.25) is 0 Å². The van der Waals surface area contributed by atoms with Gasteiger partial charge >= 0.3 is 0 Å². The summed E-state index contributed by atoms with van der Waals surface area (Å²) in [5, 5.41) is 2.76. The van der Waals surface area contributed by atoms with Gasteiger partial charge in [0.25, 0.3) is 5.91 Å². The largest absolute Gasteiger partial charge is 0.484 e. The van der Waals surface area contributed by atoms with E-state index in [2.05, 4.69) is 27.9 Å². The summed E-state index contributed by atoms with van der Waals surface area (Å²) in [4.78, 5) is 11.8. The summed E-state index contributed by atoms with van der Waals surface area (Å²) in [6, 6.07) is 11.4. The summed E-state index contributed by atoms with van der Waals surface area (Å²) in [6.07, 6.45) is 0. The van der Waals surface area contributed by atoms with Crippen molar-refractivity contribution in [3.63, 3.8) is 0 Å². The molecule has 5 heteroatoms. The summed E-state index contributed by atoms with van der Waals surface area (Å²) >= 11 is 2.21. The van der Waals surface area contributed by atoms with Gasteiger partial charge in [-0.3, -0.25) is 4.79 Å². The van der Waals surface area contributed by atoms with Gasteiger partial charge in [0.1, 0.15) is 11.6 Å². The Balaban J connectivity index is 1.92. The Morgan fingerprint density at radius 1 is 1.30 bits per heavy atom. The van der Waals surface area contributed by atoms with Crippen molar-refractivity contribution in [3.05, 3.63) is 57.4 Å². The van der Waals surface area contributed by atoms with E-state index in [0.717, 1.165) is 14.8 Å². The molecule has 0 aliphatic heterocycles. The first-order valence-electron chi connectivity index (χ1n) is 5.99. The molecule has 0 radical (unpaired) electrons. The number of nitrogens with one attached hydrogen (secondary N) is 1. The van der Waals surface area contributed by atoms with Crippen molar-refractivity contribution in [2.75, 3.05) is 11.9 Å². The van der Waals surface area contributed by atoms with Gasteiger partial charge in [0.2, 0.25) is 0 Å². The number of carbonyl (C=O) groups is 1. The highest BCUT2D eigenvalue weighted by Crippen LogP contribution is 2.18. The van der Waals surface area contributed by atoms with Crippen molar-refractivity contribution < 1.29 is 13.9 Å². The minimum absolute atomic E-state index is 0.158. The fourth-order valence-corrected chi connectivity index (χ4v) is 2.31. The van der Waals surface area contributed by atoms with Crippen LogP contribution in [0, 0.1) is 16.3 Å². The minimum atomic E-state index is -0.392. The maximum atomic E-state index is 12.9. The average Bonchev–Trinajstić information content (AvgIpc) is 2.40. The molecule has 0 atom stereocenters. The van der Waals surface area contributed by atoms with Crippen molar-refractivity contribution in [1.82, 2.24) is 0 Å². The van der Waals surface area contributed by atoms with E-state index in [1.165, 1.54) is 18.2 Å². The Morgan fingerprint density at radius 3 is 2.80 bits per heavy atom. The van der Waals surface area contributed by atoms with Gasteiger partial charge in [0.15, 0.2) is 6.61 Å². The molecule has 0 saturated heterocycles. The first kappa shape index (κ1) is 14.8. The van der Waals surface area contributed by atoms with Gasteiger partial charge in [0, 0.05) is 15.3 Å². The van der Waals surface area contributed by atoms with Crippen molar-refractivity contribution in [3.8, 4) is 5.75 Å². The van der Waals surface area contributed by atoms with E-state index in [1.54, 1.807) is 6.07 Å². The zero-order valence-corrected chi connectivity index (χ0v) is 13.0. The van der Waals surface area contributed by atoms with Crippen LogP contribution >= 0.6 is 22.6 Å². The second-order valence-corrected chi connectivity index (χ2v) is 5.50. The highest BCUT2D eigenvalue weighted by molar-refractivity contribution is 14.1. The first-order valence-corrected chi connectivity index (χ1v) is 7.07. The maximum Gasteiger partial charge on any atom is 0.262 e. The fraction of sp³-hybridized carbons (Fsp3) is 0.133. The summed E-state index contributed by atoms with van der Waals surface area (Å²) in [7, 11) is 0. The van der Waals surface area contributed by atoms with Gasteiger partial charge in [-0.25, -0.2) is 4.39 Å². The van der Waals surface area contributed by atoms with Crippen LogP contribution in [-0.4, -0.2) is 12.5 Å². The number of anilines is 1. The number of rotatable bonds is 4. The van der Waals surface area contributed by atoms with E-state index in [-0.39, 0.29) is 12.5 Å². The summed E-state index contributed by atoms with van der Waals surface area (Å²) < 4.78 is 19.3. The molecule has 1 N–H and O–H groups in total. The van der Waals surface area contributed by atoms with Gasteiger partial charge < -0.3 is 10.1 Å². The molecule has 2 aromatic rings. The third kappa shape index (κ3) is 4.19. The van der Waals surface area contributed by atoms with Crippen LogP contribution < -0.4 is 10.1 Å². The molecule has 0 aliphatic carbocycles. The Hall–Kier alpha value is -1.63. The third-order valence-corrected chi connectivity index (χ3v) is 3.30. The predicted molar refractivity (Wildman–Crippen MR) is 84.4 cm³/mol. The first-order chi connectivity index (χ1) is 9.54. The second kappa shape index (κ2) is 6.69. The Bertz CT molecular complexity index is 631. The molecule has 104 valence electrons. The van der Waals surface area contributed by atoms with Crippen molar-refractivity contribution in [2.45, 2.75) is 6.92 Å². The molecule has 0 bridgehead atoms. The molecule has 0 aromatic heterocycles. The number of carbonyl (C=O) groups excluding carboxylic acids is 1. The molecule has 2 aromatic carbocycles. The van der Waals surface area contributed by atoms with Gasteiger partial charge in [-0.2, -0.15) is 0 Å². The lowest BCUT2D eigenvalue weighted by Crippen LogP contribution is -2.20. The van der Waals surface area contributed by atoms with E-state index >= 15 is 0 Å². The summed E-state index contributed by atoms with van der Waals surface area (Å²) in [5.74, 6) is -0.338. The zero-order valence-electron chi connectivity index (χ0n) is 10.8. The highest BCUT2D eigenvalue weighted by atomic mass is 127. The lowest BCUT2D eigenvalue weighted by molar-refractivity contribution is -0.118. The van der Waals surface area contributed by atoms with Gasteiger partial charge in [0.05, 0.1) is 0 Å². The number of benzene rings is 2. The molecule has 0 spiro atoms. The lowest BCUT2D eigenvalue weighted by Gasteiger charge is -2.10. The quantitative estimate of drug-likeness (QED) is 0.815. The van der Waals surface area contributed by atoms with Gasteiger partial charge in [-0.15, -0.1) is 0 Å². The molecular formula is C15H13FINO2. The number of hydrogen-bond acceptors (Lipinski definition) is 2. The number of ether oxygens (including phenoxy) is 1. The van der Waals surface area contributed by atoms with Crippen LogP contribution in [0.3, 0.4) is 0 Å². The van der Waals surface area contributed by atoms with Gasteiger partial charge in [-0.05, 0) is 65.4 Å². The fourth-order valence-electron chi connectivity index (χ4n) is 1.66. The van der Waals surface area contributed by atoms with Crippen LogP contribution in [0.5, 0.6) is 5.75 Å². The highest BCUT2D eigenvalue weighted by Gasteiger charge is 2.06. The third-order valence-electron chi connectivity index (χ3n) is 2.63. The van der Waals surface area contributed by atoms with Crippen molar-refractivity contribution >= 4 is 34.2 Å². The second-order valence-electron chi connectivity index (χ2n) is 4.25. The molecule has 0 saturated carbocycles. The molecular weight excluding hydrogens is 372 g/mol. The molecule has 0 aliphatic rings. The van der Waals surface area contributed by atoms with Crippen molar-refractivity contribution in [2.24, 2.45) is 0 Å². The van der Waals surface area contributed by atoms with Crippen LogP contribution in [-0.2, 0) is 4.79 Å². The van der Waals surface area contributed by atoms with E-state index < -0.39 is 5.82 Å². The summed E-state index contributed by atoms with van der Waals surface area (Å²) in [6.45, 7) is 1.76. The average molecular weight is 385 g/mol. The molecule has 0 heterocycles. The van der Waals surface area contributed by atoms with E-state index in [0.29, 0.717) is 5.75 Å². The van der Waals surface area contributed by atoms with Gasteiger partial charge in [-0.1, -0.05) is 6.07 Å². The molecule has 1 amide bonds. The zero-order chi connectivity index (χ0) is 14.5. The van der Waals surface area contributed by atoms with Crippen LogP contribution in [0.25, 0.3) is 0 Å². The topological polar surface area (TPSA) is 38.3 Å². The lowest BCUT2D eigenvalue weighted by atomic mass is 10.2. The Morgan fingerprint density at radius 2 is 2.10 bits per heavy atom. The Kier molecular flexibility index (Phi) is 4.94. The summed E-state index contributed by atoms with van der Waals surface area (Å²) in [5.41, 5.74) is 1.73. The monoisotopic (exact) mass is 385 g/mol. The smallest absolute Gasteiger partial charge is 0.262 e. The Labute approximate surface area is 130 Å². The van der Waals surface area contributed by atoms with Crippen LogP contribution in [0.4, 0.5) is 10.1 Å². The normalized spacial score (nSPS) is 10.2. The van der Waals surface area contributed by atoms with Crippen LogP contribution in [0.15, 0.2) is 42.5 Å². The molecule has 2 rings (SSSR count). The number of halogens is 2.